The summed E-state index contributed by atoms with van der Waals surface area (Å²) >= 11 is 3.67. The van der Waals surface area contributed by atoms with Gasteiger partial charge in [-0.05, 0) is 55.8 Å². The lowest BCUT2D eigenvalue weighted by molar-refractivity contribution is -0.137. The summed E-state index contributed by atoms with van der Waals surface area (Å²) in [5, 5.41) is 8.97. The fourth-order valence-corrected chi connectivity index (χ4v) is 4.55. The molecule has 0 spiro atoms. The van der Waals surface area contributed by atoms with Crippen LogP contribution in [-0.4, -0.2) is 28.6 Å². The predicted molar refractivity (Wildman–Crippen MR) is 86.4 cm³/mol. The normalized spacial score (nSPS) is 25.8. The lowest BCUT2D eigenvalue weighted by Gasteiger charge is -2.40. The third-order valence-electron chi connectivity index (χ3n) is 4.95. The summed E-state index contributed by atoms with van der Waals surface area (Å²) in [6.07, 6.45) is 6.99. The number of rotatable bonds is 4. The molecule has 1 aromatic carbocycles. The van der Waals surface area contributed by atoms with Crippen molar-refractivity contribution in [2.75, 3.05) is 6.54 Å². The molecule has 1 N–H and O–H groups in total. The Morgan fingerprint density at radius 3 is 3.00 bits per heavy atom. The predicted octanol–water partition coefficient (Wildman–Crippen LogP) is 4.16. The average molecular weight is 352 g/mol. The summed E-state index contributed by atoms with van der Waals surface area (Å²) in [7, 11) is 0. The summed E-state index contributed by atoms with van der Waals surface area (Å²) in [5.74, 6) is -0.671. The van der Waals surface area contributed by atoms with Gasteiger partial charge in [-0.25, -0.2) is 0 Å². The molecule has 1 aliphatic carbocycles. The second-order valence-electron chi connectivity index (χ2n) is 6.18. The number of hydrogen-bond donors (Lipinski definition) is 1. The maximum absolute atomic E-state index is 10.9. The van der Waals surface area contributed by atoms with E-state index >= 15 is 0 Å². The maximum atomic E-state index is 10.9. The number of carboxylic acid groups (broad SMARTS) is 1. The van der Waals surface area contributed by atoms with Crippen LogP contribution in [0.5, 0.6) is 0 Å². The van der Waals surface area contributed by atoms with Gasteiger partial charge in [0, 0.05) is 23.0 Å². The van der Waals surface area contributed by atoms with Crippen LogP contribution in [0.3, 0.4) is 0 Å². The van der Waals surface area contributed by atoms with E-state index < -0.39 is 5.97 Å². The minimum absolute atomic E-state index is 0.291. The lowest BCUT2D eigenvalue weighted by Crippen LogP contribution is -2.41. The highest BCUT2D eigenvalue weighted by Crippen LogP contribution is 2.42. The minimum Gasteiger partial charge on any atom is -0.481 e. The summed E-state index contributed by atoms with van der Waals surface area (Å²) in [5.41, 5.74) is 2.90. The Bertz CT molecular complexity index is 532. The van der Waals surface area contributed by atoms with Gasteiger partial charge in [0.05, 0.1) is 0 Å². The van der Waals surface area contributed by atoms with Crippen molar-refractivity contribution in [3.05, 3.63) is 33.8 Å². The molecule has 2 unspecified atom stereocenters. The molecule has 2 atom stereocenters. The van der Waals surface area contributed by atoms with Crippen molar-refractivity contribution in [3.63, 3.8) is 0 Å². The smallest absolute Gasteiger partial charge is 0.303 e. The minimum atomic E-state index is -0.671. The monoisotopic (exact) mass is 351 g/mol. The quantitative estimate of drug-likeness (QED) is 0.885. The van der Waals surface area contributed by atoms with E-state index in [0.29, 0.717) is 18.5 Å². The molecular weight excluding hydrogens is 330 g/mol. The van der Waals surface area contributed by atoms with Crippen molar-refractivity contribution < 1.29 is 9.90 Å². The number of carboxylic acids is 1. The molecule has 0 saturated carbocycles. The van der Waals surface area contributed by atoms with E-state index in [9.17, 15) is 4.79 Å². The van der Waals surface area contributed by atoms with E-state index in [1.54, 1.807) is 0 Å². The molecular formula is C17H22BrNO2. The van der Waals surface area contributed by atoms with Crippen LogP contribution in [0.15, 0.2) is 22.7 Å². The Balaban J connectivity index is 1.79. The van der Waals surface area contributed by atoms with Gasteiger partial charge in [-0.2, -0.15) is 0 Å². The molecule has 114 valence electrons. The van der Waals surface area contributed by atoms with Crippen LogP contribution in [0, 0.1) is 0 Å². The van der Waals surface area contributed by atoms with E-state index in [1.807, 2.05) is 0 Å². The van der Waals surface area contributed by atoms with Crippen molar-refractivity contribution in [3.8, 4) is 0 Å². The zero-order chi connectivity index (χ0) is 14.8. The molecule has 1 aromatic rings. The molecule has 21 heavy (non-hydrogen) atoms. The number of benzene rings is 1. The van der Waals surface area contributed by atoms with Gasteiger partial charge in [0.15, 0.2) is 0 Å². The third-order valence-corrected chi connectivity index (χ3v) is 5.69. The molecule has 1 saturated heterocycles. The highest BCUT2D eigenvalue weighted by atomic mass is 79.9. The summed E-state index contributed by atoms with van der Waals surface area (Å²) in [6, 6.07) is 7.42. The van der Waals surface area contributed by atoms with Crippen molar-refractivity contribution in [1.29, 1.82) is 0 Å². The van der Waals surface area contributed by atoms with E-state index in [2.05, 4.69) is 39.0 Å². The Hall–Kier alpha value is -0.870. The first-order chi connectivity index (χ1) is 10.2. The molecule has 1 heterocycles. The molecule has 2 aliphatic rings. The number of nitrogens with zero attached hydrogens (tertiary/aromatic N) is 1. The van der Waals surface area contributed by atoms with Gasteiger partial charge >= 0.3 is 5.97 Å². The molecule has 3 nitrogen and oxygen atoms in total. The van der Waals surface area contributed by atoms with Crippen LogP contribution in [0.25, 0.3) is 0 Å². The number of carbonyl (C=O) groups is 1. The van der Waals surface area contributed by atoms with E-state index in [4.69, 9.17) is 5.11 Å². The molecule has 0 aromatic heterocycles. The zero-order valence-electron chi connectivity index (χ0n) is 12.2. The van der Waals surface area contributed by atoms with Crippen LogP contribution in [0.4, 0.5) is 0 Å². The number of aliphatic carboxylic acids is 1. The van der Waals surface area contributed by atoms with Crippen molar-refractivity contribution in [1.82, 2.24) is 4.90 Å². The van der Waals surface area contributed by atoms with Gasteiger partial charge in [0.1, 0.15) is 0 Å². The number of hydrogen-bond acceptors (Lipinski definition) is 2. The molecule has 3 rings (SSSR count). The molecule has 1 aliphatic heterocycles. The molecule has 0 radical (unpaired) electrons. The first-order valence-electron chi connectivity index (χ1n) is 7.91. The summed E-state index contributed by atoms with van der Waals surface area (Å²) in [6.45, 7) is 1.11. The first kappa shape index (κ1) is 15.0. The van der Waals surface area contributed by atoms with Gasteiger partial charge < -0.3 is 5.11 Å². The maximum Gasteiger partial charge on any atom is 0.303 e. The average Bonchev–Trinajstić information content (AvgIpc) is 2.90. The van der Waals surface area contributed by atoms with Crippen LogP contribution >= 0.6 is 15.9 Å². The Morgan fingerprint density at radius 1 is 1.33 bits per heavy atom. The van der Waals surface area contributed by atoms with Gasteiger partial charge in [-0.15, -0.1) is 0 Å². The van der Waals surface area contributed by atoms with E-state index in [0.717, 1.165) is 25.8 Å². The van der Waals surface area contributed by atoms with Crippen LogP contribution < -0.4 is 0 Å². The van der Waals surface area contributed by atoms with Crippen LogP contribution in [0.1, 0.15) is 55.7 Å². The highest BCUT2D eigenvalue weighted by Gasteiger charge is 2.34. The summed E-state index contributed by atoms with van der Waals surface area (Å²) in [4.78, 5) is 13.5. The second-order valence-corrected chi connectivity index (χ2v) is 7.04. The van der Waals surface area contributed by atoms with Gasteiger partial charge in [-0.1, -0.05) is 34.5 Å². The van der Waals surface area contributed by atoms with Gasteiger partial charge in [0.25, 0.3) is 0 Å². The fraction of sp³-hybridized carbons (Fsp3) is 0.588. The molecule has 0 amide bonds. The highest BCUT2D eigenvalue weighted by molar-refractivity contribution is 9.10. The number of likely N-dealkylation sites (tertiary alicyclic amines) is 1. The number of fused-ring (bicyclic) bond motifs is 1. The van der Waals surface area contributed by atoms with Crippen molar-refractivity contribution in [2.24, 2.45) is 0 Å². The van der Waals surface area contributed by atoms with Gasteiger partial charge in [-0.3, -0.25) is 9.69 Å². The summed E-state index contributed by atoms with van der Waals surface area (Å²) < 4.78 is 1.22. The van der Waals surface area contributed by atoms with Crippen molar-refractivity contribution in [2.45, 2.75) is 57.0 Å². The molecule has 4 heteroatoms. The molecule has 0 bridgehead atoms. The first-order valence-corrected chi connectivity index (χ1v) is 8.71. The largest absolute Gasteiger partial charge is 0.481 e. The Morgan fingerprint density at radius 2 is 2.19 bits per heavy atom. The topological polar surface area (TPSA) is 40.5 Å². The standard InChI is InChI=1S/C17H22BrNO2/c18-15-6-3-5-14-13(15)8-9-16(14)19-11-2-1-4-12(19)7-10-17(20)21/h3,5-6,12,16H,1-2,4,7-11H2,(H,20,21). The van der Waals surface area contributed by atoms with Gasteiger partial charge in [0.2, 0.25) is 0 Å². The fourth-order valence-electron chi connectivity index (χ4n) is 3.97. The zero-order valence-corrected chi connectivity index (χ0v) is 13.8. The van der Waals surface area contributed by atoms with Crippen molar-refractivity contribution >= 4 is 21.9 Å². The lowest BCUT2D eigenvalue weighted by atomic mass is 9.94. The SMILES string of the molecule is O=C(O)CCC1CCCCN1C1CCc2c(Br)cccc21. The van der Waals surface area contributed by atoms with Crippen LogP contribution in [0.2, 0.25) is 0 Å². The third kappa shape index (κ3) is 3.16. The Kier molecular flexibility index (Phi) is 4.65. The number of piperidine rings is 1. The molecule has 1 fully saturated rings. The number of halogens is 1. The van der Waals surface area contributed by atoms with E-state index in [1.165, 1.54) is 34.9 Å². The van der Waals surface area contributed by atoms with E-state index in [-0.39, 0.29) is 0 Å². The second kappa shape index (κ2) is 6.49. The Labute approximate surface area is 134 Å². The van der Waals surface area contributed by atoms with Crippen LogP contribution in [-0.2, 0) is 11.2 Å².